The molecule has 2 aromatic rings. The molecule has 0 radical (unpaired) electrons. The Hall–Kier alpha value is -2.14. The molecular weight excluding hydrogens is 266 g/mol. The third kappa shape index (κ3) is 2.83. The Morgan fingerprint density at radius 3 is 3.14 bits per heavy atom. The quantitative estimate of drug-likeness (QED) is 0.938. The first-order chi connectivity index (χ1) is 10.3. The second-order valence-corrected chi connectivity index (χ2v) is 5.32. The van der Waals surface area contributed by atoms with Gasteiger partial charge in [0.25, 0.3) is 5.91 Å². The maximum Gasteiger partial charge on any atom is 0.254 e. The van der Waals surface area contributed by atoms with Crippen molar-refractivity contribution in [2.24, 2.45) is 0 Å². The molecule has 1 amide bonds. The van der Waals surface area contributed by atoms with Crippen molar-refractivity contribution in [2.45, 2.75) is 18.9 Å². The molecule has 1 aliphatic heterocycles. The van der Waals surface area contributed by atoms with Gasteiger partial charge in [-0.15, -0.1) is 0 Å². The third-order valence-corrected chi connectivity index (χ3v) is 3.94. The zero-order valence-electron chi connectivity index (χ0n) is 12.1. The minimum Gasteiger partial charge on any atom is -0.383 e. The molecule has 21 heavy (non-hydrogen) atoms. The van der Waals surface area contributed by atoms with E-state index >= 15 is 0 Å². The lowest BCUT2D eigenvalue weighted by atomic mass is 10.1. The van der Waals surface area contributed by atoms with Crippen LogP contribution in [0.1, 0.15) is 23.2 Å². The Balaban J connectivity index is 1.83. The van der Waals surface area contributed by atoms with Gasteiger partial charge in [-0.3, -0.25) is 9.89 Å². The van der Waals surface area contributed by atoms with Gasteiger partial charge in [0, 0.05) is 31.0 Å². The van der Waals surface area contributed by atoms with E-state index in [4.69, 9.17) is 4.74 Å². The smallest absolute Gasteiger partial charge is 0.254 e. The van der Waals surface area contributed by atoms with Crippen LogP contribution in [0.25, 0.3) is 11.1 Å². The van der Waals surface area contributed by atoms with Gasteiger partial charge in [0.15, 0.2) is 0 Å². The van der Waals surface area contributed by atoms with Crippen LogP contribution in [0.3, 0.4) is 0 Å². The van der Waals surface area contributed by atoms with Crippen molar-refractivity contribution in [1.29, 1.82) is 0 Å². The van der Waals surface area contributed by atoms with Crippen molar-refractivity contribution in [3.05, 3.63) is 42.2 Å². The zero-order valence-corrected chi connectivity index (χ0v) is 12.1. The normalized spacial score (nSPS) is 18.1. The number of rotatable bonds is 4. The van der Waals surface area contributed by atoms with Crippen LogP contribution in [0.4, 0.5) is 0 Å². The first kappa shape index (κ1) is 13.8. The van der Waals surface area contributed by atoms with Crippen LogP contribution in [0.15, 0.2) is 36.7 Å². The first-order valence-corrected chi connectivity index (χ1v) is 7.18. The number of ether oxygens (including phenoxy) is 1. The van der Waals surface area contributed by atoms with E-state index in [0.29, 0.717) is 6.61 Å². The van der Waals surface area contributed by atoms with Gasteiger partial charge in [0.1, 0.15) is 0 Å². The zero-order chi connectivity index (χ0) is 14.7. The average molecular weight is 285 g/mol. The van der Waals surface area contributed by atoms with Gasteiger partial charge in [0.2, 0.25) is 0 Å². The summed E-state index contributed by atoms with van der Waals surface area (Å²) >= 11 is 0. The number of amides is 1. The lowest BCUT2D eigenvalue weighted by Crippen LogP contribution is -2.38. The number of methoxy groups -OCH3 is 1. The molecule has 0 spiro atoms. The number of hydrogen-bond acceptors (Lipinski definition) is 3. The molecule has 110 valence electrons. The standard InChI is InChI=1S/C16H19N3O2/c1-21-11-15-6-3-7-19(15)16(20)13-5-2-4-12(8-13)14-9-17-18-10-14/h2,4-5,8-10,15H,3,6-7,11H2,1H3,(H,17,18)/t15-/m1/s1. The molecule has 5 heteroatoms. The highest BCUT2D eigenvalue weighted by atomic mass is 16.5. The monoisotopic (exact) mass is 285 g/mol. The Labute approximate surface area is 123 Å². The minimum absolute atomic E-state index is 0.0832. The topological polar surface area (TPSA) is 58.2 Å². The second-order valence-electron chi connectivity index (χ2n) is 5.32. The number of aromatic amines is 1. The Morgan fingerprint density at radius 2 is 2.38 bits per heavy atom. The highest BCUT2D eigenvalue weighted by Crippen LogP contribution is 2.23. The minimum atomic E-state index is 0.0832. The number of H-pyrrole nitrogens is 1. The van der Waals surface area contributed by atoms with E-state index in [0.717, 1.165) is 36.1 Å². The molecule has 2 heterocycles. The molecule has 0 unspecified atom stereocenters. The van der Waals surface area contributed by atoms with Gasteiger partial charge in [0.05, 0.1) is 18.8 Å². The maximum absolute atomic E-state index is 12.7. The fraction of sp³-hybridized carbons (Fsp3) is 0.375. The average Bonchev–Trinajstić information content (AvgIpc) is 3.18. The van der Waals surface area contributed by atoms with Crippen LogP contribution in [0, 0.1) is 0 Å². The fourth-order valence-corrected chi connectivity index (χ4v) is 2.88. The lowest BCUT2D eigenvalue weighted by Gasteiger charge is -2.24. The molecule has 1 atom stereocenters. The molecule has 1 aromatic heterocycles. The van der Waals surface area contributed by atoms with Crippen molar-refractivity contribution in [2.75, 3.05) is 20.3 Å². The van der Waals surface area contributed by atoms with Crippen molar-refractivity contribution < 1.29 is 9.53 Å². The molecule has 1 aromatic carbocycles. The summed E-state index contributed by atoms with van der Waals surface area (Å²) in [6.45, 7) is 1.41. The predicted octanol–water partition coefficient (Wildman–Crippen LogP) is 2.33. The highest BCUT2D eigenvalue weighted by molar-refractivity contribution is 5.95. The van der Waals surface area contributed by atoms with Gasteiger partial charge in [-0.05, 0) is 30.5 Å². The number of likely N-dealkylation sites (tertiary alicyclic amines) is 1. The number of nitrogens with zero attached hydrogens (tertiary/aromatic N) is 2. The highest BCUT2D eigenvalue weighted by Gasteiger charge is 2.29. The van der Waals surface area contributed by atoms with E-state index < -0.39 is 0 Å². The lowest BCUT2D eigenvalue weighted by molar-refractivity contribution is 0.0630. The van der Waals surface area contributed by atoms with Gasteiger partial charge in [-0.1, -0.05) is 12.1 Å². The summed E-state index contributed by atoms with van der Waals surface area (Å²) in [5.41, 5.74) is 2.70. The maximum atomic E-state index is 12.7. The van der Waals surface area contributed by atoms with E-state index in [1.54, 1.807) is 13.3 Å². The van der Waals surface area contributed by atoms with E-state index in [9.17, 15) is 4.79 Å². The number of aromatic nitrogens is 2. The molecule has 1 fully saturated rings. The van der Waals surface area contributed by atoms with Crippen LogP contribution in [-0.2, 0) is 4.74 Å². The Morgan fingerprint density at radius 1 is 1.48 bits per heavy atom. The summed E-state index contributed by atoms with van der Waals surface area (Å²) in [5.74, 6) is 0.0832. The summed E-state index contributed by atoms with van der Waals surface area (Å²) in [4.78, 5) is 14.6. The second kappa shape index (κ2) is 6.10. The van der Waals surface area contributed by atoms with Crippen molar-refractivity contribution in [3.63, 3.8) is 0 Å². The van der Waals surface area contributed by atoms with Crippen molar-refractivity contribution >= 4 is 5.91 Å². The SMILES string of the molecule is COC[C@H]1CCCN1C(=O)c1cccc(-c2cn[nH]c2)c1. The number of hydrogen-bond donors (Lipinski definition) is 1. The fourth-order valence-electron chi connectivity index (χ4n) is 2.88. The van der Waals surface area contributed by atoms with Gasteiger partial charge in [-0.2, -0.15) is 5.10 Å². The molecule has 1 N–H and O–H groups in total. The number of nitrogens with one attached hydrogen (secondary N) is 1. The number of benzene rings is 1. The largest absolute Gasteiger partial charge is 0.383 e. The van der Waals surface area contributed by atoms with Crippen LogP contribution in [-0.4, -0.2) is 47.3 Å². The first-order valence-electron chi connectivity index (χ1n) is 7.18. The summed E-state index contributed by atoms with van der Waals surface area (Å²) < 4.78 is 5.22. The predicted molar refractivity (Wildman–Crippen MR) is 80.0 cm³/mol. The van der Waals surface area contributed by atoms with Gasteiger partial charge < -0.3 is 9.64 Å². The van der Waals surface area contributed by atoms with Crippen molar-refractivity contribution in [1.82, 2.24) is 15.1 Å². The molecule has 1 aliphatic rings. The molecule has 0 bridgehead atoms. The van der Waals surface area contributed by atoms with Gasteiger partial charge >= 0.3 is 0 Å². The molecule has 0 saturated carbocycles. The van der Waals surface area contributed by atoms with E-state index in [1.807, 2.05) is 35.4 Å². The summed E-state index contributed by atoms with van der Waals surface area (Å²) in [6, 6.07) is 7.89. The molecular formula is C16H19N3O2. The van der Waals surface area contributed by atoms with Gasteiger partial charge in [-0.25, -0.2) is 0 Å². The van der Waals surface area contributed by atoms with Crippen LogP contribution in [0.5, 0.6) is 0 Å². The van der Waals surface area contributed by atoms with Crippen molar-refractivity contribution in [3.8, 4) is 11.1 Å². The van der Waals surface area contributed by atoms with Crippen LogP contribution >= 0.6 is 0 Å². The summed E-state index contributed by atoms with van der Waals surface area (Å²) in [5, 5.41) is 6.74. The third-order valence-electron chi connectivity index (χ3n) is 3.94. The molecule has 5 nitrogen and oxygen atoms in total. The molecule has 3 rings (SSSR count). The van der Waals surface area contributed by atoms with Crippen LogP contribution < -0.4 is 0 Å². The molecule has 0 aliphatic carbocycles. The Kier molecular flexibility index (Phi) is 4.01. The van der Waals surface area contributed by atoms with E-state index in [-0.39, 0.29) is 11.9 Å². The number of carbonyl (C=O) groups is 1. The number of carbonyl (C=O) groups excluding carboxylic acids is 1. The van der Waals surface area contributed by atoms with E-state index in [1.165, 1.54) is 0 Å². The van der Waals surface area contributed by atoms with E-state index in [2.05, 4.69) is 10.2 Å². The molecule has 1 saturated heterocycles. The summed E-state index contributed by atoms with van der Waals surface area (Å²) in [6.07, 6.45) is 5.64. The Bertz CT molecular complexity index is 610. The summed E-state index contributed by atoms with van der Waals surface area (Å²) in [7, 11) is 1.68. The van der Waals surface area contributed by atoms with Crippen LogP contribution in [0.2, 0.25) is 0 Å².